The first kappa shape index (κ1) is 14.0. The summed E-state index contributed by atoms with van der Waals surface area (Å²) in [5.74, 6) is 0.767. The summed E-state index contributed by atoms with van der Waals surface area (Å²) in [7, 11) is 1.92. The van der Waals surface area contributed by atoms with Crippen LogP contribution in [0.5, 0.6) is 0 Å². The third-order valence-corrected chi connectivity index (χ3v) is 3.63. The van der Waals surface area contributed by atoms with Gasteiger partial charge in [0.15, 0.2) is 0 Å². The quantitative estimate of drug-likeness (QED) is 0.683. The lowest BCUT2D eigenvalue weighted by atomic mass is 10.2. The Bertz CT molecular complexity index is 840. The molecule has 2 heterocycles. The van der Waals surface area contributed by atoms with Gasteiger partial charge in [-0.2, -0.15) is 5.26 Å². The Morgan fingerprint density at radius 1 is 1.18 bits per heavy atom. The summed E-state index contributed by atoms with van der Waals surface area (Å²) in [6, 6.07) is 13.4. The van der Waals surface area contributed by atoms with Gasteiger partial charge in [0.05, 0.1) is 17.3 Å². The number of H-pyrrole nitrogens is 1. The first-order valence-electron chi connectivity index (χ1n) is 7.21. The van der Waals surface area contributed by atoms with Crippen molar-refractivity contribution in [3.63, 3.8) is 0 Å². The zero-order valence-electron chi connectivity index (χ0n) is 12.6. The monoisotopic (exact) mass is 291 g/mol. The molecule has 0 saturated heterocycles. The maximum atomic E-state index is 8.82. The lowest BCUT2D eigenvalue weighted by Gasteiger charge is -2.05. The van der Waals surface area contributed by atoms with Gasteiger partial charge < -0.3 is 15.6 Å². The third kappa shape index (κ3) is 2.47. The van der Waals surface area contributed by atoms with E-state index in [-0.39, 0.29) is 0 Å². The second-order valence-corrected chi connectivity index (χ2v) is 4.99. The summed E-state index contributed by atoms with van der Waals surface area (Å²) in [5, 5.41) is 16.4. The van der Waals surface area contributed by atoms with Crippen molar-refractivity contribution in [1.29, 1.82) is 5.26 Å². The number of hydrogen-bond donors (Lipinski definition) is 3. The number of aryl methyl sites for hydroxylation is 1. The Morgan fingerprint density at radius 3 is 2.59 bits per heavy atom. The molecule has 5 heteroatoms. The highest BCUT2D eigenvalue weighted by Gasteiger charge is 2.10. The van der Waals surface area contributed by atoms with Crippen LogP contribution in [0.25, 0.3) is 11.0 Å². The largest absolute Gasteiger partial charge is 0.386 e. The highest BCUT2D eigenvalue weighted by molar-refractivity contribution is 5.93. The summed E-state index contributed by atoms with van der Waals surface area (Å²) < 4.78 is 0. The fraction of sp³-hybridized carbons (Fsp3) is 0.176. The zero-order valence-corrected chi connectivity index (χ0v) is 12.6. The second kappa shape index (κ2) is 5.78. The summed E-state index contributed by atoms with van der Waals surface area (Å²) in [6.07, 6.45) is 0.922. The SMILES string of the molecule is CCc1[nH]c2nc(Nc3ccc(C#N)cc3)ccc2c1NC. The smallest absolute Gasteiger partial charge is 0.142 e. The van der Waals surface area contributed by atoms with Gasteiger partial charge in [0.25, 0.3) is 0 Å². The van der Waals surface area contributed by atoms with Crippen LogP contribution in [-0.2, 0) is 6.42 Å². The van der Waals surface area contributed by atoms with Crippen molar-refractivity contribution in [2.24, 2.45) is 0 Å². The van der Waals surface area contributed by atoms with Crippen molar-refractivity contribution in [2.75, 3.05) is 17.7 Å². The molecule has 2 aromatic heterocycles. The number of nitriles is 1. The van der Waals surface area contributed by atoms with Crippen molar-refractivity contribution in [2.45, 2.75) is 13.3 Å². The maximum absolute atomic E-state index is 8.82. The summed E-state index contributed by atoms with van der Waals surface area (Å²) in [6.45, 7) is 2.11. The highest BCUT2D eigenvalue weighted by atomic mass is 15.0. The Kier molecular flexibility index (Phi) is 3.67. The number of benzene rings is 1. The van der Waals surface area contributed by atoms with Crippen molar-refractivity contribution < 1.29 is 0 Å². The summed E-state index contributed by atoms with van der Waals surface area (Å²) in [5.41, 5.74) is 4.67. The van der Waals surface area contributed by atoms with Crippen molar-refractivity contribution in [3.8, 4) is 6.07 Å². The van der Waals surface area contributed by atoms with E-state index in [4.69, 9.17) is 5.26 Å². The van der Waals surface area contributed by atoms with Crippen LogP contribution in [-0.4, -0.2) is 17.0 Å². The number of pyridine rings is 1. The van der Waals surface area contributed by atoms with Gasteiger partial charge in [0.1, 0.15) is 11.5 Å². The van der Waals surface area contributed by atoms with E-state index in [1.165, 1.54) is 0 Å². The van der Waals surface area contributed by atoms with Crippen LogP contribution in [0.15, 0.2) is 36.4 Å². The van der Waals surface area contributed by atoms with Crippen LogP contribution < -0.4 is 10.6 Å². The van der Waals surface area contributed by atoms with Crippen LogP contribution in [0, 0.1) is 11.3 Å². The van der Waals surface area contributed by atoms with Gasteiger partial charge in [-0.1, -0.05) is 6.92 Å². The molecule has 3 N–H and O–H groups in total. The first-order chi connectivity index (χ1) is 10.7. The van der Waals surface area contributed by atoms with Crippen molar-refractivity contribution >= 4 is 28.2 Å². The third-order valence-electron chi connectivity index (χ3n) is 3.63. The second-order valence-electron chi connectivity index (χ2n) is 4.99. The fourth-order valence-electron chi connectivity index (χ4n) is 2.52. The number of fused-ring (bicyclic) bond motifs is 1. The number of anilines is 3. The van der Waals surface area contributed by atoms with E-state index in [0.717, 1.165) is 40.3 Å². The van der Waals surface area contributed by atoms with Gasteiger partial charge in [0, 0.05) is 23.8 Å². The first-order valence-corrected chi connectivity index (χ1v) is 7.21. The molecule has 0 aliphatic carbocycles. The minimum atomic E-state index is 0.643. The Balaban J connectivity index is 1.93. The van der Waals surface area contributed by atoms with E-state index >= 15 is 0 Å². The molecule has 22 heavy (non-hydrogen) atoms. The normalized spacial score (nSPS) is 10.4. The molecule has 0 radical (unpaired) electrons. The van der Waals surface area contributed by atoms with E-state index in [1.54, 1.807) is 12.1 Å². The standard InChI is InChI=1S/C17H17N5/c1-3-14-16(19-2)13-8-9-15(22-17(13)21-14)20-12-6-4-11(10-18)5-7-12/h4-9,19H,3H2,1-2H3,(H2,20,21,22). The van der Waals surface area contributed by atoms with Crippen LogP contribution in [0.2, 0.25) is 0 Å². The van der Waals surface area contributed by atoms with Crippen LogP contribution in [0.3, 0.4) is 0 Å². The Hall–Kier alpha value is -3.00. The highest BCUT2D eigenvalue weighted by Crippen LogP contribution is 2.28. The fourth-order valence-corrected chi connectivity index (χ4v) is 2.52. The van der Waals surface area contributed by atoms with Crippen LogP contribution in [0.1, 0.15) is 18.2 Å². The molecule has 1 aromatic carbocycles. The van der Waals surface area contributed by atoms with E-state index in [9.17, 15) is 0 Å². The Labute approximate surface area is 129 Å². The average Bonchev–Trinajstić information content (AvgIpc) is 2.92. The lowest BCUT2D eigenvalue weighted by molar-refractivity contribution is 1.07. The number of nitrogens with zero attached hydrogens (tertiary/aromatic N) is 2. The summed E-state index contributed by atoms with van der Waals surface area (Å²) in [4.78, 5) is 7.97. The molecule has 0 amide bonds. The van der Waals surface area contributed by atoms with E-state index in [2.05, 4.69) is 39.7 Å². The average molecular weight is 291 g/mol. The summed E-state index contributed by atoms with van der Waals surface area (Å²) >= 11 is 0. The Morgan fingerprint density at radius 2 is 1.95 bits per heavy atom. The number of aromatic amines is 1. The van der Waals surface area contributed by atoms with Gasteiger partial charge in [-0.15, -0.1) is 0 Å². The molecule has 0 unspecified atom stereocenters. The van der Waals surface area contributed by atoms with E-state index in [1.807, 2.05) is 25.2 Å². The molecule has 0 aliphatic rings. The topological polar surface area (TPSA) is 76.5 Å². The molecular formula is C17H17N5. The van der Waals surface area contributed by atoms with E-state index in [0.29, 0.717) is 5.56 Å². The molecule has 3 rings (SSSR count). The number of hydrogen-bond acceptors (Lipinski definition) is 4. The van der Waals surface area contributed by atoms with Crippen LogP contribution >= 0.6 is 0 Å². The molecule has 0 spiro atoms. The molecule has 5 nitrogen and oxygen atoms in total. The van der Waals surface area contributed by atoms with Crippen molar-refractivity contribution in [1.82, 2.24) is 9.97 Å². The lowest BCUT2D eigenvalue weighted by Crippen LogP contribution is -1.94. The minimum absolute atomic E-state index is 0.643. The molecule has 0 bridgehead atoms. The van der Waals surface area contributed by atoms with Gasteiger partial charge in [-0.05, 0) is 42.8 Å². The van der Waals surface area contributed by atoms with Crippen molar-refractivity contribution in [3.05, 3.63) is 47.7 Å². The molecular weight excluding hydrogens is 274 g/mol. The van der Waals surface area contributed by atoms with Crippen LogP contribution in [0.4, 0.5) is 17.2 Å². The minimum Gasteiger partial charge on any atom is -0.386 e. The van der Waals surface area contributed by atoms with Gasteiger partial charge in [-0.25, -0.2) is 4.98 Å². The molecule has 0 aliphatic heterocycles. The molecule has 110 valence electrons. The predicted octanol–water partition coefficient (Wildman–Crippen LogP) is 3.78. The van der Waals surface area contributed by atoms with Gasteiger partial charge >= 0.3 is 0 Å². The predicted molar refractivity (Wildman–Crippen MR) is 89.5 cm³/mol. The number of rotatable bonds is 4. The van der Waals surface area contributed by atoms with Gasteiger partial charge in [0.2, 0.25) is 0 Å². The number of nitrogens with one attached hydrogen (secondary N) is 3. The maximum Gasteiger partial charge on any atom is 0.142 e. The zero-order chi connectivity index (χ0) is 15.5. The van der Waals surface area contributed by atoms with Gasteiger partial charge in [-0.3, -0.25) is 0 Å². The number of aromatic nitrogens is 2. The molecule has 3 aromatic rings. The molecule has 0 saturated carbocycles. The van der Waals surface area contributed by atoms with E-state index < -0.39 is 0 Å². The molecule has 0 fully saturated rings. The molecule has 0 atom stereocenters.